The number of nitrogens with zero attached hydrogens (tertiary/aromatic N) is 1. The molecule has 0 spiro atoms. The Balaban J connectivity index is 2.21. The molecular weight excluding hydrogens is 266 g/mol. The molecule has 0 saturated heterocycles. The molecule has 1 aromatic heterocycles. The second-order valence-corrected chi connectivity index (χ2v) is 4.75. The number of nitrogens with two attached hydrogens (primary N) is 1. The number of nitrogens with one attached hydrogen (secondary N) is 1. The van der Waals surface area contributed by atoms with Gasteiger partial charge in [-0.05, 0) is 36.8 Å². The third-order valence-corrected chi connectivity index (χ3v) is 2.94. The van der Waals surface area contributed by atoms with Crippen molar-refractivity contribution in [2.45, 2.75) is 6.92 Å². The Kier molecular flexibility index (Phi) is 3.79. The van der Waals surface area contributed by atoms with E-state index >= 15 is 0 Å². The highest BCUT2D eigenvalue weighted by molar-refractivity contribution is 7.80. The fraction of sp³-hybridized carbons (Fsp3) is 0.0769. The van der Waals surface area contributed by atoms with Gasteiger partial charge in [0.25, 0.3) is 0 Å². The molecule has 0 saturated carbocycles. The lowest BCUT2D eigenvalue weighted by Gasteiger charge is -2.09. The normalized spacial score (nSPS) is 10.1. The van der Waals surface area contributed by atoms with Crippen LogP contribution >= 0.6 is 23.8 Å². The second-order valence-electron chi connectivity index (χ2n) is 3.90. The molecule has 92 valence electrons. The van der Waals surface area contributed by atoms with Gasteiger partial charge < -0.3 is 11.1 Å². The summed E-state index contributed by atoms with van der Waals surface area (Å²) >= 11 is 11.0. The van der Waals surface area contributed by atoms with Gasteiger partial charge in [-0.15, -0.1) is 0 Å². The van der Waals surface area contributed by atoms with Gasteiger partial charge in [0.2, 0.25) is 0 Å². The van der Waals surface area contributed by atoms with Gasteiger partial charge in [-0.2, -0.15) is 0 Å². The van der Waals surface area contributed by atoms with Gasteiger partial charge in [0.15, 0.2) is 0 Å². The number of hydrogen-bond donors (Lipinski definition) is 2. The number of anilines is 2. The Bertz CT molecular complexity index is 581. The first kappa shape index (κ1) is 12.8. The van der Waals surface area contributed by atoms with E-state index in [2.05, 4.69) is 10.3 Å². The van der Waals surface area contributed by atoms with E-state index in [4.69, 9.17) is 29.6 Å². The molecule has 0 fully saturated rings. The monoisotopic (exact) mass is 277 g/mol. The van der Waals surface area contributed by atoms with E-state index in [0.717, 1.165) is 16.9 Å². The number of aryl methyl sites for hydroxylation is 1. The summed E-state index contributed by atoms with van der Waals surface area (Å²) in [7, 11) is 0. The van der Waals surface area contributed by atoms with E-state index < -0.39 is 0 Å². The van der Waals surface area contributed by atoms with Crippen molar-refractivity contribution in [1.82, 2.24) is 4.98 Å². The quantitative estimate of drug-likeness (QED) is 0.844. The number of thiocarbonyl (C=S) groups is 1. The predicted molar refractivity (Wildman–Crippen MR) is 79.6 cm³/mol. The van der Waals surface area contributed by atoms with Gasteiger partial charge in [0, 0.05) is 0 Å². The number of pyridine rings is 1. The summed E-state index contributed by atoms with van der Waals surface area (Å²) < 4.78 is 0. The average Bonchev–Trinajstić information content (AvgIpc) is 2.33. The summed E-state index contributed by atoms with van der Waals surface area (Å²) in [6.45, 7) is 1.99. The number of benzene rings is 1. The molecule has 3 nitrogen and oxygen atoms in total. The molecule has 0 unspecified atom stereocenters. The van der Waals surface area contributed by atoms with Crippen molar-refractivity contribution >= 4 is 40.2 Å². The lowest BCUT2D eigenvalue weighted by molar-refractivity contribution is 1.29. The smallest absolute Gasteiger partial charge is 0.122 e. The molecule has 0 amide bonds. The Morgan fingerprint density at radius 1 is 1.33 bits per heavy atom. The maximum absolute atomic E-state index is 6.14. The van der Waals surface area contributed by atoms with Crippen LogP contribution in [0.3, 0.4) is 0 Å². The van der Waals surface area contributed by atoms with Crippen LogP contribution in [0.15, 0.2) is 36.5 Å². The van der Waals surface area contributed by atoms with Crippen LogP contribution in [0.2, 0.25) is 5.02 Å². The maximum Gasteiger partial charge on any atom is 0.122 e. The van der Waals surface area contributed by atoms with Crippen LogP contribution in [-0.2, 0) is 0 Å². The molecule has 0 aliphatic rings. The number of rotatable bonds is 3. The Labute approximate surface area is 116 Å². The van der Waals surface area contributed by atoms with Gasteiger partial charge in [-0.25, -0.2) is 0 Å². The number of halogens is 1. The van der Waals surface area contributed by atoms with Crippen LogP contribution in [0.5, 0.6) is 0 Å². The molecule has 0 aliphatic carbocycles. The molecule has 2 aromatic rings. The molecule has 1 aromatic carbocycles. The van der Waals surface area contributed by atoms with E-state index in [1.165, 1.54) is 0 Å². The molecule has 0 atom stereocenters. The zero-order chi connectivity index (χ0) is 13.1. The molecule has 1 heterocycles. The first-order chi connectivity index (χ1) is 8.56. The minimum atomic E-state index is 0.287. The first-order valence-corrected chi connectivity index (χ1v) is 6.14. The second kappa shape index (κ2) is 5.33. The van der Waals surface area contributed by atoms with Crippen molar-refractivity contribution in [2.75, 3.05) is 5.32 Å². The minimum absolute atomic E-state index is 0.287. The standard InChI is InChI=1S/C13H12ClN3S/c1-8-2-4-11(10(14)6-8)17-9-3-5-12(13(15)18)16-7-9/h2-7,17H,1H3,(H2,15,18). The fourth-order valence-corrected chi connectivity index (χ4v) is 1.89. The molecular formula is C13H12ClN3S. The third-order valence-electron chi connectivity index (χ3n) is 2.42. The zero-order valence-corrected chi connectivity index (χ0v) is 11.3. The summed E-state index contributed by atoms with van der Waals surface area (Å²) in [4.78, 5) is 4.44. The van der Waals surface area contributed by atoms with E-state index in [1.807, 2.05) is 31.2 Å². The lowest BCUT2D eigenvalue weighted by Crippen LogP contribution is -2.11. The van der Waals surface area contributed by atoms with Crippen LogP contribution in [0.4, 0.5) is 11.4 Å². The fourth-order valence-electron chi connectivity index (χ4n) is 1.49. The van der Waals surface area contributed by atoms with Gasteiger partial charge in [0.1, 0.15) is 4.99 Å². The molecule has 3 N–H and O–H groups in total. The number of aromatic nitrogens is 1. The van der Waals surface area contributed by atoms with E-state index in [1.54, 1.807) is 12.3 Å². The highest BCUT2D eigenvalue weighted by Gasteiger charge is 2.02. The molecule has 0 radical (unpaired) electrons. The van der Waals surface area contributed by atoms with Crippen LogP contribution in [-0.4, -0.2) is 9.97 Å². The highest BCUT2D eigenvalue weighted by Crippen LogP contribution is 2.25. The summed E-state index contributed by atoms with van der Waals surface area (Å²) in [6, 6.07) is 9.45. The summed E-state index contributed by atoms with van der Waals surface area (Å²) in [5, 5.41) is 3.86. The van der Waals surface area contributed by atoms with Crippen molar-refractivity contribution in [3.63, 3.8) is 0 Å². The van der Waals surface area contributed by atoms with Crippen molar-refractivity contribution < 1.29 is 0 Å². The van der Waals surface area contributed by atoms with Gasteiger partial charge in [-0.3, -0.25) is 4.98 Å². The Hall–Kier alpha value is -1.65. The van der Waals surface area contributed by atoms with Crippen LogP contribution in [0.25, 0.3) is 0 Å². The van der Waals surface area contributed by atoms with Crippen molar-refractivity contribution in [1.29, 1.82) is 0 Å². The average molecular weight is 278 g/mol. The highest BCUT2D eigenvalue weighted by atomic mass is 35.5. The van der Waals surface area contributed by atoms with Crippen molar-refractivity contribution in [3.05, 3.63) is 52.8 Å². The number of hydrogen-bond acceptors (Lipinski definition) is 3. The van der Waals surface area contributed by atoms with Gasteiger partial charge >= 0.3 is 0 Å². The summed E-state index contributed by atoms with van der Waals surface area (Å²) in [5.74, 6) is 0. The third kappa shape index (κ3) is 2.97. The SMILES string of the molecule is Cc1ccc(Nc2ccc(C(N)=S)nc2)c(Cl)c1. The van der Waals surface area contributed by atoms with E-state index in [0.29, 0.717) is 10.7 Å². The maximum atomic E-state index is 6.14. The first-order valence-electron chi connectivity index (χ1n) is 5.35. The summed E-state index contributed by atoms with van der Waals surface area (Å²) in [6.07, 6.45) is 1.67. The molecule has 2 rings (SSSR count). The molecule has 0 bridgehead atoms. The van der Waals surface area contributed by atoms with E-state index in [9.17, 15) is 0 Å². The van der Waals surface area contributed by atoms with Gasteiger partial charge in [0.05, 0.1) is 28.3 Å². The molecule has 5 heteroatoms. The summed E-state index contributed by atoms with van der Waals surface area (Å²) in [5.41, 5.74) is 8.88. The largest absolute Gasteiger partial charge is 0.388 e. The minimum Gasteiger partial charge on any atom is -0.388 e. The van der Waals surface area contributed by atoms with Crippen LogP contribution in [0.1, 0.15) is 11.3 Å². The van der Waals surface area contributed by atoms with Crippen molar-refractivity contribution in [2.24, 2.45) is 5.73 Å². The Morgan fingerprint density at radius 2 is 2.11 bits per heavy atom. The lowest BCUT2D eigenvalue weighted by atomic mass is 10.2. The topological polar surface area (TPSA) is 50.9 Å². The predicted octanol–water partition coefficient (Wildman–Crippen LogP) is 3.42. The van der Waals surface area contributed by atoms with Gasteiger partial charge in [-0.1, -0.05) is 29.9 Å². The van der Waals surface area contributed by atoms with Crippen LogP contribution in [0, 0.1) is 6.92 Å². The van der Waals surface area contributed by atoms with Crippen molar-refractivity contribution in [3.8, 4) is 0 Å². The molecule has 0 aliphatic heterocycles. The van der Waals surface area contributed by atoms with Crippen LogP contribution < -0.4 is 11.1 Å². The molecule has 18 heavy (non-hydrogen) atoms. The van der Waals surface area contributed by atoms with E-state index in [-0.39, 0.29) is 4.99 Å². The Morgan fingerprint density at radius 3 is 2.67 bits per heavy atom. The zero-order valence-electron chi connectivity index (χ0n) is 9.77.